The van der Waals surface area contributed by atoms with Crippen molar-refractivity contribution in [3.05, 3.63) is 47.5 Å². The number of allylic oxidation sites excluding steroid dienone is 1. The Hall–Kier alpha value is -2.10. The van der Waals surface area contributed by atoms with E-state index in [1.807, 2.05) is 12.2 Å². The summed E-state index contributed by atoms with van der Waals surface area (Å²) in [7, 11) is 0. The molecule has 0 heterocycles. The number of esters is 2. The Morgan fingerprint density at radius 2 is 1.27 bits per heavy atom. The smallest absolute Gasteiger partial charge is 0.338 e. The van der Waals surface area contributed by atoms with Gasteiger partial charge in [0.15, 0.2) is 0 Å². The van der Waals surface area contributed by atoms with Gasteiger partial charge < -0.3 is 9.47 Å². The van der Waals surface area contributed by atoms with Crippen molar-refractivity contribution in [1.29, 1.82) is 0 Å². The highest BCUT2D eigenvalue weighted by molar-refractivity contribution is 5.95. The lowest BCUT2D eigenvalue weighted by Crippen LogP contribution is -2.10. The van der Waals surface area contributed by atoms with Gasteiger partial charge in [0, 0.05) is 0 Å². The van der Waals surface area contributed by atoms with E-state index < -0.39 is 5.97 Å². The maximum atomic E-state index is 12.2. The molecule has 1 rings (SSSR count). The standard InChI is InChI=1S/C26H40O4/c1-3-5-7-9-10-11-12-13-14-16-21-30-26(28)24-19-17-18-23(22-24)25(27)29-20-15-8-6-4-2/h6,8,17-19,22H,3-5,7,9-16,20-21H2,1-2H3/b8-6+. The van der Waals surface area contributed by atoms with Crippen molar-refractivity contribution in [2.75, 3.05) is 13.2 Å². The Bertz CT molecular complexity index is 621. The molecule has 30 heavy (non-hydrogen) atoms. The molecule has 0 aliphatic carbocycles. The molecule has 1 aromatic carbocycles. The number of hydrogen-bond acceptors (Lipinski definition) is 4. The van der Waals surface area contributed by atoms with Gasteiger partial charge in [-0.1, -0.05) is 89.9 Å². The predicted octanol–water partition coefficient (Wildman–Crippen LogP) is 7.28. The average molecular weight is 417 g/mol. The molecule has 168 valence electrons. The fraction of sp³-hybridized carbons (Fsp3) is 0.615. The summed E-state index contributed by atoms with van der Waals surface area (Å²) in [5.74, 6) is -0.796. The average Bonchev–Trinajstić information content (AvgIpc) is 2.77. The van der Waals surface area contributed by atoms with Crippen molar-refractivity contribution in [3.63, 3.8) is 0 Å². The molecule has 0 saturated carbocycles. The number of ether oxygens (including phenoxy) is 2. The molecule has 0 fully saturated rings. The van der Waals surface area contributed by atoms with Crippen molar-refractivity contribution < 1.29 is 19.1 Å². The van der Waals surface area contributed by atoms with Crippen LogP contribution in [0.5, 0.6) is 0 Å². The number of carbonyl (C=O) groups excluding carboxylic acids is 2. The molecule has 0 aliphatic rings. The first-order chi connectivity index (χ1) is 14.7. The van der Waals surface area contributed by atoms with Crippen LogP contribution in [0.4, 0.5) is 0 Å². The van der Waals surface area contributed by atoms with Gasteiger partial charge in [0.25, 0.3) is 0 Å². The van der Waals surface area contributed by atoms with Crippen LogP contribution < -0.4 is 0 Å². The van der Waals surface area contributed by atoms with Gasteiger partial charge >= 0.3 is 11.9 Å². The van der Waals surface area contributed by atoms with Crippen molar-refractivity contribution in [2.24, 2.45) is 0 Å². The SMILES string of the molecule is CC/C=C/CCOC(=O)c1cccc(C(=O)OCCCCCCCCCCCC)c1. The summed E-state index contributed by atoms with van der Waals surface area (Å²) in [4.78, 5) is 24.3. The van der Waals surface area contributed by atoms with Crippen LogP contribution in [0.25, 0.3) is 0 Å². The zero-order valence-corrected chi connectivity index (χ0v) is 19.0. The first kappa shape index (κ1) is 25.9. The van der Waals surface area contributed by atoms with E-state index in [9.17, 15) is 9.59 Å². The van der Waals surface area contributed by atoms with Gasteiger partial charge in [-0.15, -0.1) is 0 Å². The van der Waals surface area contributed by atoms with Crippen molar-refractivity contribution >= 4 is 11.9 Å². The quantitative estimate of drug-likeness (QED) is 0.152. The fourth-order valence-corrected chi connectivity index (χ4v) is 3.20. The predicted molar refractivity (Wildman–Crippen MR) is 123 cm³/mol. The molecule has 0 saturated heterocycles. The second-order valence-corrected chi connectivity index (χ2v) is 7.70. The molecular formula is C26H40O4. The van der Waals surface area contributed by atoms with Crippen molar-refractivity contribution in [2.45, 2.75) is 90.9 Å². The largest absolute Gasteiger partial charge is 0.462 e. The lowest BCUT2D eigenvalue weighted by molar-refractivity contribution is 0.0497. The van der Waals surface area contributed by atoms with E-state index >= 15 is 0 Å². The van der Waals surface area contributed by atoms with Crippen molar-refractivity contribution in [3.8, 4) is 0 Å². The number of hydrogen-bond donors (Lipinski definition) is 0. The Labute approximate surface area is 183 Å². The third-order valence-corrected chi connectivity index (χ3v) is 4.99. The summed E-state index contributed by atoms with van der Waals surface area (Å²) in [6.45, 7) is 5.06. The molecule has 0 unspecified atom stereocenters. The minimum atomic E-state index is -0.413. The monoisotopic (exact) mass is 416 g/mol. The van der Waals surface area contributed by atoms with Gasteiger partial charge in [-0.3, -0.25) is 0 Å². The third-order valence-electron chi connectivity index (χ3n) is 4.99. The van der Waals surface area contributed by atoms with Crippen LogP contribution >= 0.6 is 0 Å². The summed E-state index contributed by atoms with van der Waals surface area (Å²) >= 11 is 0. The van der Waals surface area contributed by atoms with Gasteiger partial charge in [0.1, 0.15) is 0 Å². The van der Waals surface area contributed by atoms with Crippen LogP contribution in [0.1, 0.15) is 112 Å². The van der Waals surface area contributed by atoms with E-state index in [2.05, 4.69) is 13.8 Å². The number of benzene rings is 1. The van der Waals surface area contributed by atoms with Crippen molar-refractivity contribution in [1.82, 2.24) is 0 Å². The van der Waals surface area contributed by atoms with Crippen LogP contribution in [-0.4, -0.2) is 25.2 Å². The molecule has 0 amide bonds. The molecule has 0 radical (unpaired) electrons. The molecular weight excluding hydrogens is 376 g/mol. The topological polar surface area (TPSA) is 52.6 Å². The Morgan fingerprint density at radius 3 is 1.83 bits per heavy atom. The molecule has 0 bridgehead atoms. The normalized spacial score (nSPS) is 11.0. The summed E-state index contributed by atoms with van der Waals surface area (Å²) in [6, 6.07) is 6.56. The molecule has 1 aromatic rings. The van der Waals surface area contributed by atoms with E-state index in [0.29, 0.717) is 30.8 Å². The summed E-state index contributed by atoms with van der Waals surface area (Å²) in [5, 5.41) is 0. The van der Waals surface area contributed by atoms with Gasteiger partial charge in [-0.05, 0) is 37.5 Å². The lowest BCUT2D eigenvalue weighted by Gasteiger charge is -2.07. The second kappa shape index (κ2) is 17.7. The van der Waals surface area contributed by atoms with Gasteiger partial charge in [-0.2, -0.15) is 0 Å². The Kier molecular flexibility index (Phi) is 15.3. The van der Waals surface area contributed by atoms with E-state index in [4.69, 9.17) is 9.47 Å². The molecule has 0 aliphatic heterocycles. The highest BCUT2D eigenvalue weighted by Crippen LogP contribution is 2.12. The van der Waals surface area contributed by atoms with Crippen LogP contribution in [0.15, 0.2) is 36.4 Å². The molecule has 4 nitrogen and oxygen atoms in total. The first-order valence-corrected chi connectivity index (χ1v) is 11.8. The Morgan fingerprint density at radius 1 is 0.733 bits per heavy atom. The zero-order chi connectivity index (χ0) is 21.9. The summed E-state index contributed by atoms with van der Waals surface area (Å²) < 4.78 is 10.6. The van der Waals surface area contributed by atoms with Crippen LogP contribution in [0.2, 0.25) is 0 Å². The van der Waals surface area contributed by atoms with E-state index in [-0.39, 0.29) is 5.97 Å². The lowest BCUT2D eigenvalue weighted by atomic mass is 10.1. The van der Waals surface area contributed by atoms with Crippen LogP contribution in [0.3, 0.4) is 0 Å². The third kappa shape index (κ3) is 12.5. The number of unbranched alkanes of at least 4 members (excludes halogenated alkanes) is 9. The highest BCUT2D eigenvalue weighted by Gasteiger charge is 2.12. The minimum Gasteiger partial charge on any atom is -0.462 e. The molecule has 4 heteroatoms. The molecule has 0 atom stereocenters. The van der Waals surface area contributed by atoms with E-state index in [0.717, 1.165) is 19.3 Å². The summed E-state index contributed by atoms with van der Waals surface area (Å²) in [5.41, 5.74) is 0.769. The fourth-order valence-electron chi connectivity index (χ4n) is 3.20. The van der Waals surface area contributed by atoms with Gasteiger partial charge in [0.2, 0.25) is 0 Å². The van der Waals surface area contributed by atoms with Crippen LogP contribution in [0, 0.1) is 0 Å². The maximum Gasteiger partial charge on any atom is 0.338 e. The highest BCUT2D eigenvalue weighted by atomic mass is 16.5. The Balaban J connectivity index is 2.19. The molecule has 0 N–H and O–H groups in total. The minimum absolute atomic E-state index is 0.336. The van der Waals surface area contributed by atoms with Gasteiger partial charge in [-0.25, -0.2) is 9.59 Å². The van der Waals surface area contributed by atoms with Gasteiger partial charge in [0.05, 0.1) is 24.3 Å². The molecule has 0 spiro atoms. The van der Waals surface area contributed by atoms with E-state index in [1.165, 1.54) is 51.4 Å². The summed E-state index contributed by atoms with van der Waals surface area (Å²) in [6.07, 6.45) is 18.1. The van der Waals surface area contributed by atoms with E-state index in [1.54, 1.807) is 24.3 Å². The number of rotatable bonds is 17. The van der Waals surface area contributed by atoms with Crippen LogP contribution in [-0.2, 0) is 9.47 Å². The maximum absolute atomic E-state index is 12.2. The molecule has 0 aromatic heterocycles. The second-order valence-electron chi connectivity index (χ2n) is 7.70. The first-order valence-electron chi connectivity index (χ1n) is 11.8. The number of carbonyl (C=O) groups is 2. The zero-order valence-electron chi connectivity index (χ0n) is 19.0.